The first-order chi connectivity index (χ1) is 9.22. The predicted octanol–water partition coefficient (Wildman–Crippen LogP) is 1.28. The molecule has 0 aliphatic carbocycles. The SMILES string of the molecule is CC1CC(CNC(=O)c2nc3ccccc3s2)NN1. The quantitative estimate of drug-likeness (QED) is 0.790. The Morgan fingerprint density at radius 3 is 3.05 bits per heavy atom. The summed E-state index contributed by atoms with van der Waals surface area (Å²) in [6.45, 7) is 2.73. The average molecular weight is 276 g/mol. The minimum Gasteiger partial charge on any atom is -0.348 e. The maximum absolute atomic E-state index is 12.0. The van der Waals surface area contributed by atoms with E-state index in [1.807, 2.05) is 24.3 Å². The summed E-state index contributed by atoms with van der Waals surface area (Å²) in [5.41, 5.74) is 7.18. The van der Waals surface area contributed by atoms with E-state index in [4.69, 9.17) is 0 Å². The number of nitrogens with zero attached hydrogens (tertiary/aromatic N) is 1. The lowest BCUT2D eigenvalue weighted by Crippen LogP contribution is -2.40. The molecule has 3 rings (SSSR count). The maximum atomic E-state index is 12.0. The zero-order valence-corrected chi connectivity index (χ0v) is 11.5. The number of hydrazine groups is 1. The summed E-state index contributed by atoms with van der Waals surface area (Å²) >= 11 is 1.43. The largest absolute Gasteiger partial charge is 0.348 e. The van der Waals surface area contributed by atoms with E-state index in [9.17, 15) is 4.79 Å². The Labute approximate surface area is 115 Å². The molecule has 1 amide bonds. The van der Waals surface area contributed by atoms with Gasteiger partial charge in [-0.2, -0.15) is 0 Å². The molecule has 0 saturated carbocycles. The van der Waals surface area contributed by atoms with Gasteiger partial charge < -0.3 is 5.32 Å². The standard InChI is InChI=1S/C13H16N4OS/c1-8-6-9(17-16-8)7-14-12(18)13-15-10-4-2-3-5-11(10)19-13/h2-5,8-9,16-17H,6-7H2,1H3,(H,14,18). The molecule has 1 saturated heterocycles. The number of fused-ring (bicyclic) bond motifs is 1. The van der Waals surface area contributed by atoms with Crippen LogP contribution in [0.3, 0.4) is 0 Å². The number of para-hydroxylation sites is 1. The second kappa shape index (κ2) is 5.24. The van der Waals surface area contributed by atoms with Crippen LogP contribution in [0.1, 0.15) is 23.1 Å². The van der Waals surface area contributed by atoms with Crippen molar-refractivity contribution in [1.29, 1.82) is 0 Å². The Morgan fingerprint density at radius 1 is 1.47 bits per heavy atom. The van der Waals surface area contributed by atoms with Crippen molar-refractivity contribution in [2.24, 2.45) is 0 Å². The summed E-state index contributed by atoms with van der Waals surface area (Å²) in [4.78, 5) is 16.4. The van der Waals surface area contributed by atoms with Crippen LogP contribution in [0.4, 0.5) is 0 Å². The van der Waals surface area contributed by atoms with Crippen LogP contribution in [0.2, 0.25) is 0 Å². The first kappa shape index (κ1) is 12.5. The molecule has 1 aliphatic heterocycles. The number of rotatable bonds is 3. The van der Waals surface area contributed by atoms with Crippen molar-refractivity contribution in [3.63, 3.8) is 0 Å². The molecule has 2 heterocycles. The smallest absolute Gasteiger partial charge is 0.280 e. The van der Waals surface area contributed by atoms with Crippen molar-refractivity contribution >= 4 is 27.5 Å². The van der Waals surface area contributed by atoms with Gasteiger partial charge in [-0.3, -0.25) is 15.6 Å². The lowest BCUT2D eigenvalue weighted by atomic mass is 10.1. The number of hydrogen-bond donors (Lipinski definition) is 3. The van der Waals surface area contributed by atoms with Crippen LogP contribution in [0.15, 0.2) is 24.3 Å². The Morgan fingerprint density at radius 2 is 2.32 bits per heavy atom. The molecular weight excluding hydrogens is 260 g/mol. The number of carbonyl (C=O) groups excluding carboxylic acids is 1. The lowest BCUT2D eigenvalue weighted by molar-refractivity contribution is 0.0950. The Balaban J connectivity index is 1.63. The zero-order chi connectivity index (χ0) is 13.2. The third-order valence-electron chi connectivity index (χ3n) is 3.17. The van der Waals surface area contributed by atoms with Gasteiger partial charge in [-0.15, -0.1) is 11.3 Å². The van der Waals surface area contributed by atoms with Crippen molar-refractivity contribution in [2.75, 3.05) is 6.54 Å². The van der Waals surface area contributed by atoms with Crippen LogP contribution >= 0.6 is 11.3 Å². The summed E-state index contributed by atoms with van der Waals surface area (Å²) < 4.78 is 1.04. The summed E-state index contributed by atoms with van der Waals surface area (Å²) in [7, 11) is 0. The minimum absolute atomic E-state index is 0.0949. The zero-order valence-electron chi connectivity index (χ0n) is 10.6. The molecule has 1 aromatic heterocycles. The molecule has 2 atom stereocenters. The minimum atomic E-state index is -0.0949. The van der Waals surface area contributed by atoms with Gasteiger partial charge in [0.15, 0.2) is 5.01 Å². The van der Waals surface area contributed by atoms with Crippen LogP contribution in [-0.4, -0.2) is 29.5 Å². The Kier molecular flexibility index (Phi) is 3.46. The average Bonchev–Trinajstić information content (AvgIpc) is 3.01. The number of amides is 1. The van der Waals surface area contributed by atoms with Gasteiger partial charge in [0.05, 0.1) is 10.2 Å². The maximum Gasteiger partial charge on any atom is 0.280 e. The van der Waals surface area contributed by atoms with Gasteiger partial charge in [-0.05, 0) is 25.5 Å². The van der Waals surface area contributed by atoms with E-state index in [1.54, 1.807) is 0 Å². The topological polar surface area (TPSA) is 66.0 Å². The summed E-state index contributed by atoms with van der Waals surface area (Å²) in [6.07, 6.45) is 1.01. The van der Waals surface area contributed by atoms with E-state index in [2.05, 4.69) is 28.1 Å². The lowest BCUT2D eigenvalue weighted by Gasteiger charge is -2.09. The third kappa shape index (κ3) is 2.75. The van der Waals surface area contributed by atoms with Gasteiger partial charge >= 0.3 is 0 Å². The summed E-state index contributed by atoms with van der Waals surface area (Å²) in [5.74, 6) is -0.0949. The fourth-order valence-corrected chi connectivity index (χ4v) is 3.08. The van der Waals surface area contributed by atoms with Gasteiger partial charge in [0.2, 0.25) is 0 Å². The monoisotopic (exact) mass is 276 g/mol. The fourth-order valence-electron chi connectivity index (χ4n) is 2.20. The molecule has 2 unspecified atom stereocenters. The Hall–Kier alpha value is -1.50. The molecule has 6 heteroatoms. The molecule has 19 heavy (non-hydrogen) atoms. The van der Waals surface area contributed by atoms with Crippen molar-refractivity contribution in [1.82, 2.24) is 21.2 Å². The molecule has 1 aromatic carbocycles. The van der Waals surface area contributed by atoms with E-state index < -0.39 is 0 Å². The van der Waals surface area contributed by atoms with E-state index in [0.717, 1.165) is 16.6 Å². The second-order valence-corrected chi connectivity index (χ2v) is 5.85. The number of nitrogens with one attached hydrogen (secondary N) is 3. The van der Waals surface area contributed by atoms with Crippen LogP contribution in [-0.2, 0) is 0 Å². The van der Waals surface area contributed by atoms with Crippen molar-refractivity contribution in [2.45, 2.75) is 25.4 Å². The van der Waals surface area contributed by atoms with Gasteiger partial charge in [0.1, 0.15) is 0 Å². The molecular formula is C13H16N4OS. The van der Waals surface area contributed by atoms with E-state index in [1.165, 1.54) is 11.3 Å². The molecule has 3 N–H and O–H groups in total. The molecule has 0 radical (unpaired) electrons. The summed E-state index contributed by atoms with van der Waals surface area (Å²) in [5, 5.41) is 3.46. The number of carbonyl (C=O) groups is 1. The van der Waals surface area contributed by atoms with Crippen molar-refractivity contribution in [3.05, 3.63) is 29.3 Å². The van der Waals surface area contributed by atoms with Crippen molar-refractivity contribution in [3.8, 4) is 0 Å². The highest BCUT2D eigenvalue weighted by Gasteiger charge is 2.21. The molecule has 0 bridgehead atoms. The van der Waals surface area contributed by atoms with E-state index in [-0.39, 0.29) is 11.9 Å². The molecule has 0 spiro atoms. The number of hydrogen-bond acceptors (Lipinski definition) is 5. The fraction of sp³-hybridized carbons (Fsp3) is 0.385. The molecule has 1 fully saturated rings. The molecule has 100 valence electrons. The van der Waals surface area contributed by atoms with Crippen LogP contribution in [0.25, 0.3) is 10.2 Å². The van der Waals surface area contributed by atoms with Gasteiger partial charge in [-0.25, -0.2) is 4.98 Å². The van der Waals surface area contributed by atoms with Crippen LogP contribution in [0.5, 0.6) is 0 Å². The van der Waals surface area contributed by atoms with Crippen LogP contribution in [0, 0.1) is 0 Å². The second-order valence-electron chi connectivity index (χ2n) is 4.82. The molecule has 2 aromatic rings. The highest BCUT2D eigenvalue weighted by atomic mass is 32.1. The molecule has 5 nitrogen and oxygen atoms in total. The number of benzene rings is 1. The van der Waals surface area contributed by atoms with Crippen molar-refractivity contribution < 1.29 is 4.79 Å². The first-order valence-electron chi connectivity index (χ1n) is 6.37. The normalized spacial score (nSPS) is 22.8. The first-order valence-corrected chi connectivity index (χ1v) is 7.19. The summed E-state index contributed by atoms with van der Waals surface area (Å²) in [6, 6.07) is 8.52. The van der Waals surface area contributed by atoms with Crippen LogP contribution < -0.4 is 16.2 Å². The van der Waals surface area contributed by atoms with Gasteiger partial charge in [-0.1, -0.05) is 12.1 Å². The van der Waals surface area contributed by atoms with Gasteiger partial charge in [0.25, 0.3) is 5.91 Å². The Bertz CT molecular complexity index is 564. The van der Waals surface area contributed by atoms with Gasteiger partial charge in [0, 0.05) is 18.6 Å². The predicted molar refractivity (Wildman–Crippen MR) is 76.1 cm³/mol. The third-order valence-corrected chi connectivity index (χ3v) is 4.20. The highest BCUT2D eigenvalue weighted by molar-refractivity contribution is 7.20. The number of aromatic nitrogens is 1. The van der Waals surface area contributed by atoms with E-state index in [0.29, 0.717) is 17.6 Å². The molecule has 1 aliphatic rings. The number of thiazole rings is 1. The van der Waals surface area contributed by atoms with E-state index >= 15 is 0 Å². The highest BCUT2D eigenvalue weighted by Crippen LogP contribution is 2.21.